The van der Waals surface area contributed by atoms with Gasteiger partial charge in [0.25, 0.3) is 0 Å². The van der Waals surface area contributed by atoms with Gasteiger partial charge in [-0.05, 0) is 30.9 Å². The molecule has 0 saturated heterocycles. The van der Waals surface area contributed by atoms with E-state index in [-0.39, 0.29) is 5.75 Å². The summed E-state index contributed by atoms with van der Waals surface area (Å²) in [5.41, 5.74) is 2.77. The van der Waals surface area contributed by atoms with Crippen molar-refractivity contribution >= 4 is 0 Å². The van der Waals surface area contributed by atoms with Crippen LogP contribution in [-0.2, 0) is 0 Å². The molecule has 1 fully saturated rings. The Labute approximate surface area is 104 Å². The van der Waals surface area contributed by atoms with Gasteiger partial charge in [-0.3, -0.25) is 0 Å². The van der Waals surface area contributed by atoms with Crippen molar-refractivity contribution in [2.45, 2.75) is 25.4 Å². The van der Waals surface area contributed by atoms with Gasteiger partial charge in [0.15, 0.2) is 0 Å². The van der Waals surface area contributed by atoms with Gasteiger partial charge in [-0.2, -0.15) is 8.78 Å². The normalized spacial score (nSPS) is 15.1. The largest absolute Gasteiger partial charge is 0.434 e. The van der Waals surface area contributed by atoms with Crippen molar-refractivity contribution in [3.05, 3.63) is 42.2 Å². The zero-order valence-electron chi connectivity index (χ0n) is 9.70. The number of aromatic nitrogens is 1. The average molecular weight is 249 g/mol. The zero-order valence-corrected chi connectivity index (χ0v) is 9.70. The molecule has 18 heavy (non-hydrogen) atoms. The maximum Gasteiger partial charge on any atom is 0.387 e. The number of alkyl halides is 2. The summed E-state index contributed by atoms with van der Waals surface area (Å²) >= 11 is 0. The molecular formula is C14H13F2NO. The smallest absolute Gasteiger partial charge is 0.387 e. The molecule has 2 nitrogen and oxygen atoms in total. The third kappa shape index (κ3) is 2.23. The Bertz CT molecular complexity index is 546. The lowest BCUT2D eigenvalue weighted by atomic mass is 10.1. The molecule has 0 radical (unpaired) electrons. The second-order valence-electron chi connectivity index (χ2n) is 4.49. The molecular weight excluding hydrogens is 236 g/mol. The molecule has 4 heteroatoms. The average Bonchev–Trinajstić information content (AvgIpc) is 3.08. The number of hydrogen-bond acceptors (Lipinski definition) is 1. The third-order valence-corrected chi connectivity index (χ3v) is 3.14. The number of hydrogen-bond donors (Lipinski definition) is 1. The van der Waals surface area contributed by atoms with Gasteiger partial charge in [0.1, 0.15) is 5.75 Å². The molecule has 0 unspecified atom stereocenters. The molecule has 1 aliphatic rings. The Kier molecular flexibility index (Phi) is 2.78. The molecule has 0 aliphatic heterocycles. The highest BCUT2D eigenvalue weighted by Gasteiger charge is 2.25. The van der Waals surface area contributed by atoms with Gasteiger partial charge in [-0.1, -0.05) is 18.2 Å². The van der Waals surface area contributed by atoms with Gasteiger partial charge < -0.3 is 9.72 Å². The summed E-state index contributed by atoms with van der Waals surface area (Å²) in [6, 6.07) is 8.88. The van der Waals surface area contributed by atoms with E-state index in [9.17, 15) is 8.78 Å². The van der Waals surface area contributed by atoms with E-state index >= 15 is 0 Å². The molecule has 0 atom stereocenters. The summed E-state index contributed by atoms with van der Waals surface area (Å²) in [6.07, 6.45) is 4.26. The Morgan fingerprint density at radius 3 is 2.72 bits per heavy atom. The highest BCUT2D eigenvalue weighted by atomic mass is 19.3. The quantitative estimate of drug-likeness (QED) is 0.864. The lowest BCUT2D eigenvalue weighted by Gasteiger charge is -2.08. The van der Waals surface area contributed by atoms with Crippen LogP contribution in [0.25, 0.3) is 11.1 Å². The van der Waals surface area contributed by atoms with E-state index in [4.69, 9.17) is 0 Å². The summed E-state index contributed by atoms with van der Waals surface area (Å²) in [6.45, 7) is -2.80. The van der Waals surface area contributed by atoms with Crippen LogP contribution in [0.3, 0.4) is 0 Å². The van der Waals surface area contributed by atoms with Crippen LogP contribution in [0.15, 0.2) is 36.5 Å². The molecule has 3 rings (SSSR count). The molecule has 2 aromatic rings. The first kappa shape index (κ1) is 11.3. The maximum atomic E-state index is 12.3. The van der Waals surface area contributed by atoms with E-state index < -0.39 is 6.61 Å². The fourth-order valence-electron chi connectivity index (χ4n) is 2.10. The lowest BCUT2D eigenvalue weighted by molar-refractivity contribution is -0.0494. The van der Waals surface area contributed by atoms with Crippen LogP contribution in [0, 0.1) is 0 Å². The Balaban J connectivity index is 1.93. The van der Waals surface area contributed by atoms with Crippen LogP contribution >= 0.6 is 0 Å². The van der Waals surface area contributed by atoms with E-state index in [0.29, 0.717) is 11.5 Å². The van der Waals surface area contributed by atoms with Crippen LogP contribution in [0.5, 0.6) is 5.75 Å². The number of aromatic amines is 1. The molecule has 1 aromatic carbocycles. The molecule has 1 aliphatic carbocycles. The van der Waals surface area contributed by atoms with E-state index in [1.54, 1.807) is 18.2 Å². The predicted octanol–water partition coefficient (Wildman–Crippen LogP) is 4.16. The molecule has 1 saturated carbocycles. The van der Waals surface area contributed by atoms with E-state index in [1.807, 2.05) is 18.3 Å². The first-order chi connectivity index (χ1) is 8.74. The van der Waals surface area contributed by atoms with Crippen molar-refractivity contribution in [2.24, 2.45) is 0 Å². The summed E-state index contributed by atoms with van der Waals surface area (Å²) in [7, 11) is 0. The van der Waals surface area contributed by atoms with Gasteiger partial charge in [-0.15, -0.1) is 0 Å². The van der Waals surface area contributed by atoms with Gasteiger partial charge in [0.05, 0.1) is 0 Å². The van der Waals surface area contributed by atoms with Crippen LogP contribution in [-0.4, -0.2) is 11.6 Å². The fourth-order valence-corrected chi connectivity index (χ4v) is 2.10. The minimum atomic E-state index is -2.80. The van der Waals surface area contributed by atoms with Crippen molar-refractivity contribution in [1.29, 1.82) is 0 Å². The number of ether oxygens (including phenoxy) is 1. The second kappa shape index (κ2) is 4.44. The molecule has 0 bridgehead atoms. The van der Waals surface area contributed by atoms with Crippen LogP contribution < -0.4 is 4.74 Å². The van der Waals surface area contributed by atoms with Crippen molar-refractivity contribution in [3.63, 3.8) is 0 Å². The van der Waals surface area contributed by atoms with Crippen molar-refractivity contribution < 1.29 is 13.5 Å². The van der Waals surface area contributed by atoms with Crippen molar-refractivity contribution in [1.82, 2.24) is 4.98 Å². The van der Waals surface area contributed by atoms with Gasteiger partial charge in [0.2, 0.25) is 0 Å². The molecule has 1 N–H and O–H groups in total. The first-order valence-electron chi connectivity index (χ1n) is 5.96. The Morgan fingerprint density at radius 2 is 2.00 bits per heavy atom. The highest BCUT2D eigenvalue weighted by Crippen LogP contribution is 2.41. The maximum absolute atomic E-state index is 12.3. The minimum absolute atomic E-state index is 0.217. The van der Waals surface area contributed by atoms with Crippen LogP contribution in [0.4, 0.5) is 8.78 Å². The summed E-state index contributed by atoms with van der Waals surface area (Å²) in [5.74, 6) is 0.829. The molecule has 1 aromatic heterocycles. The molecule has 0 amide bonds. The van der Waals surface area contributed by atoms with Crippen molar-refractivity contribution in [3.8, 4) is 16.9 Å². The number of para-hydroxylation sites is 1. The number of nitrogens with one attached hydrogen (secondary N) is 1. The first-order valence-corrected chi connectivity index (χ1v) is 5.96. The monoisotopic (exact) mass is 249 g/mol. The van der Waals surface area contributed by atoms with Gasteiger partial charge in [0, 0.05) is 23.0 Å². The summed E-state index contributed by atoms with van der Waals surface area (Å²) in [5, 5.41) is 0. The third-order valence-electron chi connectivity index (χ3n) is 3.14. The van der Waals surface area contributed by atoms with E-state index in [0.717, 1.165) is 5.56 Å². The van der Waals surface area contributed by atoms with Gasteiger partial charge in [-0.25, -0.2) is 0 Å². The standard InChI is InChI=1S/C14H13F2NO/c15-14(16)18-13-4-2-1-3-11(13)10-7-12(17-8-10)9-5-6-9/h1-4,7-9,14,17H,5-6H2. The number of halogens is 2. The number of benzene rings is 1. The molecule has 1 heterocycles. The SMILES string of the molecule is FC(F)Oc1ccccc1-c1c[nH]c(C2CC2)c1. The Hall–Kier alpha value is -1.84. The lowest BCUT2D eigenvalue weighted by Crippen LogP contribution is -2.02. The van der Waals surface area contributed by atoms with Gasteiger partial charge >= 0.3 is 6.61 Å². The van der Waals surface area contributed by atoms with E-state index in [2.05, 4.69) is 9.72 Å². The molecule has 0 spiro atoms. The fraction of sp³-hybridized carbons (Fsp3) is 0.286. The predicted molar refractivity (Wildman–Crippen MR) is 64.8 cm³/mol. The van der Waals surface area contributed by atoms with Crippen LogP contribution in [0.2, 0.25) is 0 Å². The number of H-pyrrole nitrogens is 1. The highest BCUT2D eigenvalue weighted by molar-refractivity contribution is 5.70. The van der Waals surface area contributed by atoms with E-state index in [1.165, 1.54) is 18.5 Å². The Morgan fingerprint density at radius 1 is 1.22 bits per heavy atom. The molecule has 94 valence electrons. The number of rotatable bonds is 4. The summed E-state index contributed by atoms with van der Waals surface area (Å²) < 4.78 is 29.2. The van der Waals surface area contributed by atoms with Crippen LogP contribution in [0.1, 0.15) is 24.5 Å². The summed E-state index contributed by atoms with van der Waals surface area (Å²) in [4.78, 5) is 3.20. The second-order valence-corrected chi connectivity index (χ2v) is 4.49. The van der Waals surface area contributed by atoms with Crippen molar-refractivity contribution in [2.75, 3.05) is 0 Å². The zero-order chi connectivity index (χ0) is 12.5. The minimum Gasteiger partial charge on any atom is -0.434 e. The topological polar surface area (TPSA) is 25.0 Å².